The third-order valence-corrected chi connectivity index (χ3v) is 5.99. The lowest BCUT2D eigenvalue weighted by molar-refractivity contribution is 0.249. The molecular formula is C22H31N7S. The quantitative estimate of drug-likeness (QED) is 0.640. The Kier molecular flexibility index (Phi) is 7.70. The highest BCUT2D eigenvalue weighted by atomic mass is 32.1. The van der Waals surface area contributed by atoms with Gasteiger partial charge in [0.1, 0.15) is 17.5 Å². The van der Waals surface area contributed by atoms with Gasteiger partial charge in [0.25, 0.3) is 0 Å². The molecule has 0 aliphatic carbocycles. The molecule has 1 aliphatic rings. The van der Waals surface area contributed by atoms with Gasteiger partial charge in [-0.05, 0) is 39.9 Å². The molecule has 0 bridgehead atoms. The zero-order valence-electron chi connectivity index (χ0n) is 18.5. The molecule has 3 aromatic rings. The first-order valence-electron chi connectivity index (χ1n) is 10.5. The number of hydrogen-bond acceptors (Lipinski definition) is 8. The third kappa shape index (κ3) is 5.52. The average molecular weight is 426 g/mol. The van der Waals surface area contributed by atoms with Gasteiger partial charge in [0.15, 0.2) is 5.13 Å². The van der Waals surface area contributed by atoms with E-state index in [1.54, 1.807) is 17.5 Å². The van der Waals surface area contributed by atoms with Gasteiger partial charge in [0.05, 0.1) is 4.88 Å². The summed E-state index contributed by atoms with van der Waals surface area (Å²) in [6.45, 7) is 7.96. The van der Waals surface area contributed by atoms with Crippen molar-refractivity contribution in [2.75, 3.05) is 37.4 Å². The summed E-state index contributed by atoms with van der Waals surface area (Å²) in [5.74, 6) is 2.53. The summed E-state index contributed by atoms with van der Waals surface area (Å²) in [7, 11) is 4.32. The number of pyridine rings is 1. The van der Waals surface area contributed by atoms with E-state index >= 15 is 0 Å². The minimum atomic E-state index is 0.651. The van der Waals surface area contributed by atoms with Crippen LogP contribution in [0.15, 0.2) is 36.8 Å². The van der Waals surface area contributed by atoms with Gasteiger partial charge in [-0.25, -0.2) is 15.0 Å². The summed E-state index contributed by atoms with van der Waals surface area (Å²) in [4.78, 5) is 23.6. The van der Waals surface area contributed by atoms with Gasteiger partial charge < -0.3 is 15.1 Å². The lowest BCUT2D eigenvalue weighted by atomic mass is 10.0. The van der Waals surface area contributed by atoms with E-state index < -0.39 is 0 Å². The van der Waals surface area contributed by atoms with Crippen LogP contribution in [0.4, 0.5) is 16.8 Å². The van der Waals surface area contributed by atoms with Crippen LogP contribution in [0.1, 0.15) is 32.5 Å². The Bertz CT molecular complexity index is 918. The lowest BCUT2D eigenvalue weighted by Gasteiger charge is -2.35. The molecule has 1 saturated heterocycles. The largest absolute Gasteiger partial charge is 0.356 e. The maximum Gasteiger partial charge on any atom is 0.188 e. The van der Waals surface area contributed by atoms with E-state index in [1.165, 1.54) is 0 Å². The molecule has 0 unspecified atom stereocenters. The topological polar surface area (TPSA) is 70.1 Å². The second kappa shape index (κ2) is 10.4. The Morgan fingerprint density at radius 2 is 1.90 bits per heavy atom. The molecule has 4 heterocycles. The molecule has 0 saturated carbocycles. The number of nitrogens with one attached hydrogen (secondary N) is 1. The van der Waals surface area contributed by atoms with Gasteiger partial charge in [-0.1, -0.05) is 31.3 Å². The van der Waals surface area contributed by atoms with Crippen LogP contribution in [0.2, 0.25) is 0 Å². The van der Waals surface area contributed by atoms with Crippen molar-refractivity contribution in [1.29, 1.82) is 0 Å². The van der Waals surface area contributed by atoms with Crippen molar-refractivity contribution in [3.8, 4) is 10.4 Å². The van der Waals surface area contributed by atoms with Crippen LogP contribution in [0.25, 0.3) is 10.4 Å². The van der Waals surface area contributed by atoms with Crippen LogP contribution in [0.3, 0.4) is 0 Å². The standard InChI is InChI=1S/C20H25N7S.C2H6/c1-14-23-18(11-19(24-14)27-9-6-16(7-10-27)26(2)3)25-20-22-13-17(28-20)15-5-4-8-21-12-15;1-2/h4-5,8,11-13,16H,6-7,9-10H2,1-3H3,(H,22,23,24,25);1-2H3. The van der Waals surface area contributed by atoms with E-state index in [4.69, 9.17) is 0 Å². The zero-order valence-corrected chi connectivity index (χ0v) is 19.3. The van der Waals surface area contributed by atoms with Crippen LogP contribution in [0, 0.1) is 6.92 Å². The number of aromatic nitrogens is 4. The highest BCUT2D eigenvalue weighted by Gasteiger charge is 2.22. The molecule has 0 aromatic carbocycles. The SMILES string of the molecule is CC.Cc1nc(Nc2ncc(-c3cccnc3)s2)cc(N2CCC(N(C)C)CC2)n1. The van der Waals surface area contributed by atoms with E-state index in [0.29, 0.717) is 6.04 Å². The molecule has 30 heavy (non-hydrogen) atoms. The van der Waals surface area contributed by atoms with Gasteiger partial charge in [0, 0.05) is 49.4 Å². The Labute approximate surface area is 183 Å². The molecular weight excluding hydrogens is 394 g/mol. The van der Waals surface area contributed by atoms with Crippen molar-refractivity contribution < 1.29 is 0 Å². The molecule has 1 fully saturated rings. The second-order valence-corrected chi connectivity index (χ2v) is 8.27. The van der Waals surface area contributed by atoms with Crippen LogP contribution < -0.4 is 10.2 Å². The molecule has 0 radical (unpaired) electrons. The van der Waals surface area contributed by atoms with Crippen molar-refractivity contribution >= 4 is 28.1 Å². The smallest absolute Gasteiger partial charge is 0.188 e. The van der Waals surface area contributed by atoms with Gasteiger partial charge >= 0.3 is 0 Å². The van der Waals surface area contributed by atoms with Gasteiger partial charge in [-0.3, -0.25) is 4.98 Å². The fourth-order valence-electron chi connectivity index (χ4n) is 3.47. The first-order chi connectivity index (χ1) is 14.6. The molecule has 0 atom stereocenters. The van der Waals surface area contributed by atoms with Gasteiger partial charge in [-0.2, -0.15) is 0 Å². The highest BCUT2D eigenvalue weighted by Crippen LogP contribution is 2.30. The number of anilines is 3. The molecule has 7 nitrogen and oxygen atoms in total. The lowest BCUT2D eigenvalue weighted by Crippen LogP contribution is -2.42. The maximum atomic E-state index is 4.66. The Morgan fingerprint density at radius 3 is 2.57 bits per heavy atom. The molecule has 0 spiro atoms. The molecule has 1 N–H and O–H groups in total. The van der Waals surface area contributed by atoms with Crippen molar-refractivity contribution in [2.45, 2.75) is 39.7 Å². The molecule has 0 amide bonds. The fourth-order valence-corrected chi connectivity index (χ4v) is 4.29. The normalized spacial score (nSPS) is 14.4. The summed E-state index contributed by atoms with van der Waals surface area (Å²) >= 11 is 1.59. The Hall–Kier alpha value is -2.58. The minimum Gasteiger partial charge on any atom is -0.356 e. The number of thiazole rings is 1. The third-order valence-electron chi connectivity index (χ3n) is 5.03. The predicted molar refractivity (Wildman–Crippen MR) is 126 cm³/mol. The van der Waals surface area contributed by atoms with E-state index in [1.807, 2.05) is 51.4 Å². The summed E-state index contributed by atoms with van der Waals surface area (Å²) in [6.07, 6.45) is 7.79. The van der Waals surface area contributed by atoms with Crippen molar-refractivity contribution in [1.82, 2.24) is 24.8 Å². The first kappa shape index (κ1) is 22.1. The molecule has 1 aliphatic heterocycles. The van der Waals surface area contributed by atoms with Gasteiger partial charge in [-0.15, -0.1) is 0 Å². The molecule has 160 valence electrons. The van der Waals surface area contributed by atoms with E-state index in [9.17, 15) is 0 Å². The molecule has 8 heteroatoms. The number of hydrogen-bond donors (Lipinski definition) is 1. The van der Waals surface area contributed by atoms with Crippen molar-refractivity contribution in [2.24, 2.45) is 0 Å². The molecule has 4 rings (SSSR count). The van der Waals surface area contributed by atoms with E-state index in [2.05, 4.69) is 49.1 Å². The van der Waals surface area contributed by atoms with Crippen LogP contribution in [0.5, 0.6) is 0 Å². The minimum absolute atomic E-state index is 0.651. The summed E-state index contributed by atoms with van der Waals surface area (Å²) in [5, 5.41) is 4.16. The zero-order chi connectivity index (χ0) is 21.5. The summed E-state index contributed by atoms with van der Waals surface area (Å²) in [5.41, 5.74) is 1.07. The summed E-state index contributed by atoms with van der Waals surface area (Å²) < 4.78 is 0. The van der Waals surface area contributed by atoms with Crippen LogP contribution in [-0.2, 0) is 0 Å². The van der Waals surface area contributed by atoms with Crippen LogP contribution >= 0.6 is 11.3 Å². The Balaban J connectivity index is 0.00000124. The van der Waals surface area contributed by atoms with Crippen molar-refractivity contribution in [3.63, 3.8) is 0 Å². The van der Waals surface area contributed by atoms with Gasteiger partial charge in [0.2, 0.25) is 0 Å². The number of piperidine rings is 1. The van der Waals surface area contributed by atoms with Crippen molar-refractivity contribution in [3.05, 3.63) is 42.6 Å². The average Bonchev–Trinajstić information content (AvgIpc) is 3.24. The first-order valence-corrected chi connectivity index (χ1v) is 11.3. The fraction of sp³-hybridized carbons (Fsp3) is 0.455. The predicted octanol–water partition coefficient (Wildman–Crippen LogP) is 4.60. The second-order valence-electron chi connectivity index (χ2n) is 7.24. The summed E-state index contributed by atoms with van der Waals surface area (Å²) in [6, 6.07) is 6.64. The monoisotopic (exact) mass is 425 g/mol. The molecule has 3 aromatic heterocycles. The number of aryl methyl sites for hydroxylation is 1. The van der Waals surface area contributed by atoms with E-state index in [0.717, 1.165) is 59.0 Å². The van der Waals surface area contributed by atoms with Crippen LogP contribution in [-0.4, -0.2) is 58.1 Å². The van der Waals surface area contributed by atoms with E-state index in [-0.39, 0.29) is 0 Å². The highest BCUT2D eigenvalue weighted by molar-refractivity contribution is 7.18. The number of rotatable bonds is 5. The number of nitrogens with zero attached hydrogens (tertiary/aromatic N) is 6. The maximum absolute atomic E-state index is 4.66. The Morgan fingerprint density at radius 1 is 1.13 bits per heavy atom.